The van der Waals surface area contributed by atoms with E-state index in [1.54, 1.807) is 0 Å². The van der Waals surface area contributed by atoms with Crippen LogP contribution < -0.4 is 4.90 Å². The normalized spacial score (nSPS) is 11.8. The van der Waals surface area contributed by atoms with E-state index < -0.39 is 0 Å². The zero-order chi connectivity index (χ0) is 34.2. The van der Waals surface area contributed by atoms with Gasteiger partial charge >= 0.3 is 0 Å². The Balaban J connectivity index is 1.17. The SMILES string of the molecule is c1ccc(-c2ccc(N(c3ccc4c(c3)oc3cc(-c5ccccc5)ccc34)c3cc4oc5ccccc5c4c4oc5ccccc5c34)cc2)cc1. The lowest BCUT2D eigenvalue weighted by atomic mass is 10.0. The van der Waals surface area contributed by atoms with Crippen LogP contribution in [0.4, 0.5) is 17.1 Å². The molecule has 0 atom stereocenters. The molecule has 0 saturated heterocycles. The van der Waals surface area contributed by atoms with Crippen LogP contribution in [0, 0.1) is 0 Å². The van der Waals surface area contributed by atoms with E-state index >= 15 is 0 Å². The van der Waals surface area contributed by atoms with Gasteiger partial charge in [-0.05, 0) is 70.8 Å². The molecule has 11 rings (SSSR count). The summed E-state index contributed by atoms with van der Waals surface area (Å²) in [6.07, 6.45) is 0. The van der Waals surface area contributed by atoms with E-state index in [0.29, 0.717) is 0 Å². The lowest BCUT2D eigenvalue weighted by Crippen LogP contribution is -2.10. The van der Waals surface area contributed by atoms with Crippen molar-refractivity contribution in [1.29, 1.82) is 0 Å². The largest absolute Gasteiger partial charge is 0.456 e. The van der Waals surface area contributed by atoms with Crippen LogP contribution in [0.2, 0.25) is 0 Å². The molecule has 0 aliphatic rings. The predicted octanol–water partition coefficient (Wildman–Crippen LogP) is 14.2. The van der Waals surface area contributed by atoms with Crippen molar-refractivity contribution in [2.24, 2.45) is 0 Å². The van der Waals surface area contributed by atoms with E-state index in [1.165, 1.54) is 5.56 Å². The Labute approximate surface area is 298 Å². The minimum absolute atomic E-state index is 0.770. The molecule has 0 N–H and O–H groups in total. The van der Waals surface area contributed by atoms with E-state index in [4.69, 9.17) is 13.3 Å². The highest BCUT2D eigenvalue weighted by atomic mass is 16.3. The van der Waals surface area contributed by atoms with Crippen molar-refractivity contribution in [3.63, 3.8) is 0 Å². The fraction of sp³-hybridized carbons (Fsp3) is 0. The van der Waals surface area contributed by atoms with Crippen molar-refractivity contribution in [2.75, 3.05) is 4.90 Å². The molecule has 4 heteroatoms. The first-order chi connectivity index (χ1) is 25.8. The third kappa shape index (κ3) is 4.41. The quantitative estimate of drug-likeness (QED) is 0.183. The molecule has 0 aliphatic heterocycles. The summed E-state index contributed by atoms with van der Waals surface area (Å²) in [7, 11) is 0. The molecule has 11 aromatic rings. The monoisotopic (exact) mass is 667 g/mol. The highest BCUT2D eigenvalue weighted by Gasteiger charge is 2.25. The van der Waals surface area contributed by atoms with Crippen LogP contribution in [0.5, 0.6) is 0 Å². The van der Waals surface area contributed by atoms with Gasteiger partial charge in [0.15, 0.2) is 0 Å². The average molecular weight is 668 g/mol. The van der Waals surface area contributed by atoms with Crippen LogP contribution in [0.15, 0.2) is 189 Å². The van der Waals surface area contributed by atoms with Gasteiger partial charge in [-0.1, -0.05) is 115 Å². The molecule has 8 aromatic carbocycles. The van der Waals surface area contributed by atoms with Gasteiger partial charge in [0.1, 0.15) is 33.5 Å². The summed E-state index contributed by atoms with van der Waals surface area (Å²) in [5, 5.41) is 6.25. The fourth-order valence-corrected chi connectivity index (χ4v) is 7.82. The molecule has 0 bridgehead atoms. The third-order valence-electron chi connectivity index (χ3n) is 10.3. The van der Waals surface area contributed by atoms with Gasteiger partial charge in [-0.2, -0.15) is 0 Å². The number of hydrogen-bond acceptors (Lipinski definition) is 4. The van der Waals surface area contributed by atoms with Gasteiger partial charge in [0, 0.05) is 45.1 Å². The maximum absolute atomic E-state index is 6.72. The van der Waals surface area contributed by atoms with Crippen LogP contribution in [-0.2, 0) is 0 Å². The minimum Gasteiger partial charge on any atom is -0.456 e. The van der Waals surface area contributed by atoms with Crippen molar-refractivity contribution in [2.45, 2.75) is 0 Å². The second kappa shape index (κ2) is 11.2. The number of furan rings is 3. The smallest absolute Gasteiger partial charge is 0.149 e. The zero-order valence-corrected chi connectivity index (χ0v) is 27.9. The Bertz CT molecular complexity index is 3110. The van der Waals surface area contributed by atoms with Crippen molar-refractivity contribution in [1.82, 2.24) is 0 Å². The molecule has 52 heavy (non-hydrogen) atoms. The van der Waals surface area contributed by atoms with Gasteiger partial charge in [-0.15, -0.1) is 0 Å². The molecule has 244 valence electrons. The summed E-state index contributed by atoms with van der Waals surface area (Å²) >= 11 is 0. The van der Waals surface area contributed by atoms with Gasteiger partial charge < -0.3 is 18.2 Å². The maximum Gasteiger partial charge on any atom is 0.149 e. The first kappa shape index (κ1) is 28.8. The highest BCUT2D eigenvalue weighted by Crippen LogP contribution is 2.49. The summed E-state index contributed by atoms with van der Waals surface area (Å²) in [5.74, 6) is 0. The molecule has 3 heterocycles. The lowest BCUT2D eigenvalue weighted by Gasteiger charge is -2.26. The summed E-state index contributed by atoms with van der Waals surface area (Å²) in [6, 6.07) is 61.3. The number of anilines is 3. The van der Waals surface area contributed by atoms with Crippen LogP contribution in [0.3, 0.4) is 0 Å². The molecule has 0 unspecified atom stereocenters. The first-order valence-corrected chi connectivity index (χ1v) is 17.5. The molecular weight excluding hydrogens is 639 g/mol. The average Bonchev–Trinajstić information content (AvgIpc) is 3.89. The number of nitrogens with zero attached hydrogens (tertiary/aromatic N) is 1. The molecule has 0 saturated carbocycles. The van der Waals surface area contributed by atoms with Gasteiger partial charge in [0.2, 0.25) is 0 Å². The second-order valence-electron chi connectivity index (χ2n) is 13.3. The number of benzene rings is 8. The number of hydrogen-bond donors (Lipinski definition) is 0. The summed E-state index contributed by atoms with van der Waals surface area (Å²) in [4.78, 5) is 2.30. The summed E-state index contributed by atoms with van der Waals surface area (Å²) in [6.45, 7) is 0. The maximum atomic E-state index is 6.72. The molecular formula is C48H29NO3. The Morgan fingerprint density at radius 1 is 0.308 bits per heavy atom. The van der Waals surface area contributed by atoms with E-state index in [9.17, 15) is 0 Å². The fourth-order valence-electron chi connectivity index (χ4n) is 7.82. The Kier molecular flexibility index (Phi) is 6.22. The molecule has 0 aliphatic carbocycles. The molecule has 0 amide bonds. The summed E-state index contributed by atoms with van der Waals surface area (Å²) < 4.78 is 19.9. The third-order valence-corrected chi connectivity index (χ3v) is 10.3. The molecule has 4 nitrogen and oxygen atoms in total. The van der Waals surface area contributed by atoms with Gasteiger partial charge in [-0.3, -0.25) is 0 Å². The van der Waals surface area contributed by atoms with Crippen LogP contribution in [0.1, 0.15) is 0 Å². The van der Waals surface area contributed by atoms with Crippen molar-refractivity contribution in [3.05, 3.63) is 176 Å². The van der Waals surface area contributed by atoms with E-state index in [1.807, 2.05) is 42.5 Å². The van der Waals surface area contributed by atoms with E-state index in [-0.39, 0.29) is 0 Å². The molecule has 3 aromatic heterocycles. The number of fused-ring (bicyclic) bond motifs is 10. The minimum atomic E-state index is 0.770. The van der Waals surface area contributed by atoms with E-state index in [2.05, 4.69) is 138 Å². The zero-order valence-electron chi connectivity index (χ0n) is 27.9. The second-order valence-corrected chi connectivity index (χ2v) is 13.3. The lowest BCUT2D eigenvalue weighted by molar-refractivity contribution is 0.663. The Morgan fingerprint density at radius 3 is 1.56 bits per heavy atom. The highest BCUT2D eigenvalue weighted by molar-refractivity contribution is 6.26. The predicted molar refractivity (Wildman–Crippen MR) is 214 cm³/mol. The van der Waals surface area contributed by atoms with Crippen molar-refractivity contribution < 1.29 is 13.3 Å². The Morgan fingerprint density at radius 2 is 0.827 bits per heavy atom. The van der Waals surface area contributed by atoms with Crippen molar-refractivity contribution >= 4 is 82.9 Å². The van der Waals surface area contributed by atoms with Gasteiger partial charge in [-0.25, -0.2) is 0 Å². The van der Waals surface area contributed by atoms with Gasteiger partial charge in [0.25, 0.3) is 0 Å². The molecule has 0 radical (unpaired) electrons. The summed E-state index contributed by atoms with van der Waals surface area (Å²) in [5.41, 5.74) is 12.5. The standard InChI is InChI=1S/C48H29NO3/c1-3-11-30(12-4-1)32-19-22-34(23-20-32)49(35-24-26-37-36-25-21-33(31-13-5-2-6-14-31)27-43(36)51-44(37)28-35)40-29-45-47(39-16-8-9-17-41(39)50-45)48-46(40)38-15-7-10-18-42(38)52-48/h1-29H. The van der Waals surface area contributed by atoms with Crippen LogP contribution >= 0.6 is 0 Å². The number of para-hydroxylation sites is 2. The Hall–Kier alpha value is -7.04. The van der Waals surface area contributed by atoms with E-state index in [0.717, 1.165) is 99.6 Å². The van der Waals surface area contributed by atoms with Crippen LogP contribution in [0.25, 0.3) is 88.1 Å². The van der Waals surface area contributed by atoms with Crippen LogP contribution in [-0.4, -0.2) is 0 Å². The molecule has 0 fully saturated rings. The first-order valence-electron chi connectivity index (χ1n) is 17.5. The number of rotatable bonds is 5. The van der Waals surface area contributed by atoms with Gasteiger partial charge in [0.05, 0.1) is 16.5 Å². The molecule has 0 spiro atoms. The topological polar surface area (TPSA) is 42.7 Å². The van der Waals surface area contributed by atoms with Crippen molar-refractivity contribution in [3.8, 4) is 22.3 Å².